The molecule has 3 heterocycles. The Bertz CT molecular complexity index is 891. The third-order valence-corrected chi connectivity index (χ3v) is 5.54. The molecule has 1 aromatic carbocycles. The predicted molar refractivity (Wildman–Crippen MR) is 112 cm³/mol. The van der Waals surface area contributed by atoms with Crippen molar-refractivity contribution in [2.75, 3.05) is 32.6 Å². The largest absolute Gasteiger partial charge is 0.496 e. The van der Waals surface area contributed by atoms with E-state index in [2.05, 4.69) is 44.2 Å². The first-order chi connectivity index (χ1) is 14.6. The van der Waals surface area contributed by atoms with Crippen molar-refractivity contribution in [2.24, 2.45) is 0 Å². The summed E-state index contributed by atoms with van der Waals surface area (Å²) in [6, 6.07) is 8.09. The molecule has 4 rings (SSSR count). The Kier molecular flexibility index (Phi) is 6.28. The lowest BCUT2D eigenvalue weighted by Crippen LogP contribution is -2.36. The minimum Gasteiger partial charge on any atom is -0.496 e. The van der Waals surface area contributed by atoms with Crippen LogP contribution in [-0.4, -0.2) is 54.4 Å². The number of ether oxygens (including phenoxy) is 2. The Labute approximate surface area is 176 Å². The number of hydrazine groups is 1. The Morgan fingerprint density at radius 3 is 2.73 bits per heavy atom. The zero-order chi connectivity index (χ0) is 20.9. The molecule has 2 aliphatic heterocycles. The van der Waals surface area contributed by atoms with Crippen molar-refractivity contribution in [3.8, 4) is 17.6 Å². The number of nitrogens with zero attached hydrogens (tertiary/aromatic N) is 4. The molecule has 2 unspecified atom stereocenters. The van der Waals surface area contributed by atoms with Crippen LogP contribution in [0.25, 0.3) is 0 Å². The predicted octanol–water partition coefficient (Wildman–Crippen LogP) is 1.81. The minimum absolute atomic E-state index is 0.0305. The third-order valence-electron chi connectivity index (χ3n) is 5.54. The molecular formula is C21H27N7O2. The van der Waals surface area contributed by atoms with Crippen molar-refractivity contribution in [3.63, 3.8) is 0 Å². The second-order valence-electron chi connectivity index (χ2n) is 7.70. The van der Waals surface area contributed by atoms with Crippen molar-refractivity contribution < 1.29 is 9.47 Å². The minimum atomic E-state index is -0.0305. The quantitative estimate of drug-likeness (QED) is 0.658. The van der Waals surface area contributed by atoms with Crippen LogP contribution in [0.15, 0.2) is 30.6 Å². The van der Waals surface area contributed by atoms with Gasteiger partial charge in [-0.05, 0) is 26.0 Å². The monoisotopic (exact) mass is 409 g/mol. The number of hydrogen-bond donors (Lipinski definition) is 3. The van der Waals surface area contributed by atoms with Crippen molar-refractivity contribution >= 4 is 5.82 Å². The van der Waals surface area contributed by atoms with E-state index in [-0.39, 0.29) is 18.3 Å². The topological polar surface area (TPSA) is 107 Å². The summed E-state index contributed by atoms with van der Waals surface area (Å²) in [5.74, 6) is 2.26. The van der Waals surface area contributed by atoms with Crippen LogP contribution in [0.2, 0.25) is 0 Å². The Morgan fingerprint density at radius 2 is 2.03 bits per heavy atom. The van der Waals surface area contributed by atoms with Crippen LogP contribution in [0.1, 0.15) is 36.6 Å². The SMILES string of the molecule is COc1cc(OC2CCN(C)CC2)ccc1C1CC(Nc2cnc(C#N)cn2)NN1. The molecule has 9 nitrogen and oxygen atoms in total. The molecule has 2 aromatic rings. The fraction of sp³-hybridized carbons (Fsp3) is 0.476. The van der Waals surface area contributed by atoms with Crippen LogP contribution in [0.4, 0.5) is 5.82 Å². The lowest BCUT2D eigenvalue weighted by atomic mass is 10.0. The molecule has 0 spiro atoms. The van der Waals surface area contributed by atoms with E-state index in [1.807, 2.05) is 18.2 Å². The van der Waals surface area contributed by atoms with Gasteiger partial charge in [0.1, 0.15) is 29.5 Å². The van der Waals surface area contributed by atoms with Gasteiger partial charge in [0.05, 0.1) is 31.7 Å². The fourth-order valence-electron chi connectivity index (χ4n) is 3.84. The standard InChI is InChI=1S/C21H27N7O2/c1-28-7-5-15(6-8-28)30-16-3-4-17(19(9-16)29-2)18-10-20(27-26-18)25-21-13-23-14(11-22)12-24-21/h3-4,9,12-13,15,18,20,26-27H,5-8,10H2,1-2H3,(H,24,25). The van der Waals surface area contributed by atoms with E-state index < -0.39 is 0 Å². The first-order valence-electron chi connectivity index (χ1n) is 10.2. The smallest absolute Gasteiger partial charge is 0.158 e. The Balaban J connectivity index is 1.38. The molecule has 0 radical (unpaired) electrons. The Morgan fingerprint density at radius 1 is 1.20 bits per heavy atom. The van der Waals surface area contributed by atoms with Crippen LogP contribution < -0.4 is 25.6 Å². The second-order valence-corrected chi connectivity index (χ2v) is 7.70. The number of benzene rings is 1. The summed E-state index contributed by atoms with van der Waals surface area (Å²) in [7, 11) is 3.83. The summed E-state index contributed by atoms with van der Waals surface area (Å²) in [5.41, 5.74) is 7.90. The first-order valence-corrected chi connectivity index (χ1v) is 10.2. The molecule has 30 heavy (non-hydrogen) atoms. The van der Waals surface area contributed by atoms with Gasteiger partial charge in [0.25, 0.3) is 0 Å². The molecule has 0 saturated carbocycles. The summed E-state index contributed by atoms with van der Waals surface area (Å²) in [4.78, 5) is 10.6. The average Bonchev–Trinajstić information content (AvgIpc) is 3.24. The van der Waals surface area contributed by atoms with E-state index in [1.54, 1.807) is 13.3 Å². The summed E-state index contributed by atoms with van der Waals surface area (Å²) in [5, 5.41) is 12.1. The lowest BCUT2D eigenvalue weighted by Gasteiger charge is -2.29. The maximum atomic E-state index is 8.83. The van der Waals surface area contributed by atoms with Crippen LogP contribution in [0, 0.1) is 11.3 Å². The molecule has 158 valence electrons. The molecule has 0 bridgehead atoms. The zero-order valence-electron chi connectivity index (χ0n) is 17.3. The molecule has 9 heteroatoms. The van der Waals surface area contributed by atoms with E-state index in [9.17, 15) is 0 Å². The average molecular weight is 409 g/mol. The highest BCUT2D eigenvalue weighted by Crippen LogP contribution is 2.34. The lowest BCUT2D eigenvalue weighted by molar-refractivity contribution is 0.114. The van der Waals surface area contributed by atoms with Gasteiger partial charge in [-0.25, -0.2) is 20.8 Å². The highest BCUT2D eigenvalue weighted by atomic mass is 16.5. The molecule has 0 aliphatic carbocycles. The van der Waals surface area contributed by atoms with Crippen molar-refractivity contribution in [3.05, 3.63) is 41.9 Å². The van der Waals surface area contributed by atoms with Gasteiger partial charge < -0.3 is 19.7 Å². The summed E-state index contributed by atoms with van der Waals surface area (Å²) in [6.45, 7) is 2.13. The molecule has 2 aliphatic rings. The fourth-order valence-corrected chi connectivity index (χ4v) is 3.84. The van der Waals surface area contributed by atoms with Gasteiger partial charge in [0.2, 0.25) is 0 Å². The number of piperidine rings is 1. The zero-order valence-corrected chi connectivity index (χ0v) is 17.3. The number of nitrogens with one attached hydrogen (secondary N) is 3. The van der Waals surface area contributed by atoms with Crippen LogP contribution in [0.3, 0.4) is 0 Å². The van der Waals surface area contributed by atoms with E-state index >= 15 is 0 Å². The molecule has 3 N–H and O–H groups in total. The van der Waals surface area contributed by atoms with Gasteiger partial charge in [-0.3, -0.25) is 0 Å². The summed E-state index contributed by atoms with van der Waals surface area (Å²) < 4.78 is 11.8. The van der Waals surface area contributed by atoms with Crippen molar-refractivity contribution in [1.29, 1.82) is 5.26 Å². The number of methoxy groups -OCH3 is 1. The van der Waals surface area contributed by atoms with Gasteiger partial charge in [-0.2, -0.15) is 5.26 Å². The van der Waals surface area contributed by atoms with Gasteiger partial charge in [-0.15, -0.1) is 0 Å². The van der Waals surface area contributed by atoms with Gasteiger partial charge >= 0.3 is 0 Å². The number of rotatable bonds is 6. The molecule has 2 atom stereocenters. The maximum Gasteiger partial charge on any atom is 0.158 e. The number of aromatic nitrogens is 2. The molecular weight excluding hydrogens is 382 g/mol. The number of hydrogen-bond acceptors (Lipinski definition) is 9. The van der Waals surface area contributed by atoms with E-state index in [4.69, 9.17) is 14.7 Å². The third kappa shape index (κ3) is 4.79. The number of likely N-dealkylation sites (tertiary alicyclic amines) is 1. The number of anilines is 1. The summed E-state index contributed by atoms with van der Waals surface area (Å²) >= 11 is 0. The van der Waals surface area contributed by atoms with Crippen molar-refractivity contribution in [1.82, 2.24) is 25.7 Å². The summed E-state index contributed by atoms with van der Waals surface area (Å²) in [6.07, 6.45) is 6.10. The van der Waals surface area contributed by atoms with Crippen LogP contribution >= 0.6 is 0 Å². The maximum absolute atomic E-state index is 8.83. The molecule has 1 aromatic heterocycles. The van der Waals surface area contributed by atoms with Crippen LogP contribution in [-0.2, 0) is 0 Å². The highest BCUT2D eigenvalue weighted by Gasteiger charge is 2.28. The second kappa shape index (κ2) is 9.26. The van der Waals surface area contributed by atoms with Crippen molar-refractivity contribution in [2.45, 2.75) is 37.6 Å². The molecule has 2 fully saturated rings. The number of nitriles is 1. The Hall–Kier alpha value is -2.93. The molecule has 0 amide bonds. The van der Waals surface area contributed by atoms with Gasteiger partial charge in [-0.1, -0.05) is 6.07 Å². The van der Waals surface area contributed by atoms with E-state index in [1.165, 1.54) is 6.20 Å². The highest BCUT2D eigenvalue weighted by molar-refractivity contribution is 5.43. The first kappa shape index (κ1) is 20.3. The van der Waals surface area contributed by atoms with E-state index in [0.29, 0.717) is 11.5 Å². The molecule has 2 saturated heterocycles. The van der Waals surface area contributed by atoms with Gasteiger partial charge in [0.15, 0.2) is 5.69 Å². The van der Waals surface area contributed by atoms with E-state index in [0.717, 1.165) is 49.4 Å². The van der Waals surface area contributed by atoms with Crippen LogP contribution in [0.5, 0.6) is 11.5 Å². The van der Waals surface area contributed by atoms with Gasteiger partial charge in [0, 0.05) is 31.1 Å². The normalized spacial score (nSPS) is 22.4.